The van der Waals surface area contributed by atoms with Gasteiger partial charge in [-0.1, -0.05) is 48.5 Å². The van der Waals surface area contributed by atoms with Crippen molar-refractivity contribution >= 4 is 50.1 Å². The maximum absolute atomic E-state index is 11.6. The number of hydrogen-bond acceptors (Lipinski definition) is 8. The second-order valence-corrected chi connectivity index (χ2v) is 9.95. The van der Waals surface area contributed by atoms with Crippen LogP contribution in [0.3, 0.4) is 0 Å². The van der Waals surface area contributed by atoms with Crippen LogP contribution in [-0.2, 0) is 10.0 Å². The molecule has 0 radical (unpaired) electrons. The van der Waals surface area contributed by atoms with E-state index in [0.29, 0.717) is 17.1 Å². The van der Waals surface area contributed by atoms with E-state index in [0.717, 1.165) is 28.0 Å². The standard InChI is InChI=1S/C25H21N5O4S2/c26-23(18-8-4-7-17(13-18)16-5-2-1-3-6-16)21(14-28-25-30-22(15-35-25)24(31)32)29-19-9-11-20(12-10-19)36(27,33)34/h1-15,29H,26H2,(H,31,32)(H2,27,33,34). The molecular formula is C25H21N5O4S2. The average Bonchev–Trinajstić information content (AvgIpc) is 3.36. The molecule has 0 unspecified atom stereocenters. The number of carboxylic acid groups (broad SMARTS) is 1. The lowest BCUT2D eigenvalue weighted by molar-refractivity contribution is 0.0691. The maximum Gasteiger partial charge on any atom is 0.355 e. The fourth-order valence-electron chi connectivity index (χ4n) is 3.25. The molecular weight excluding hydrogens is 498 g/mol. The minimum Gasteiger partial charge on any atom is -0.476 e. The number of rotatable bonds is 8. The monoisotopic (exact) mass is 519 g/mol. The van der Waals surface area contributed by atoms with Crippen molar-refractivity contribution in [2.24, 2.45) is 15.9 Å². The van der Waals surface area contributed by atoms with Crippen LogP contribution in [0.25, 0.3) is 16.8 Å². The molecule has 0 saturated heterocycles. The van der Waals surface area contributed by atoms with E-state index in [1.54, 1.807) is 12.1 Å². The number of thiazole rings is 1. The first-order chi connectivity index (χ1) is 17.2. The number of aromatic nitrogens is 1. The lowest BCUT2D eigenvalue weighted by Gasteiger charge is -2.13. The maximum atomic E-state index is 11.6. The zero-order valence-corrected chi connectivity index (χ0v) is 20.3. The van der Waals surface area contributed by atoms with E-state index in [-0.39, 0.29) is 15.7 Å². The number of sulfonamides is 1. The lowest BCUT2D eigenvalue weighted by atomic mass is 10.0. The average molecular weight is 520 g/mol. The third-order valence-corrected chi connectivity index (χ3v) is 6.73. The van der Waals surface area contributed by atoms with Gasteiger partial charge in [0.2, 0.25) is 15.2 Å². The number of aliphatic imine (C=N–C) groups is 1. The van der Waals surface area contributed by atoms with Crippen LogP contribution in [0.2, 0.25) is 0 Å². The summed E-state index contributed by atoms with van der Waals surface area (Å²) in [5, 5.41) is 19.1. The van der Waals surface area contributed by atoms with Gasteiger partial charge in [0.1, 0.15) is 0 Å². The van der Waals surface area contributed by atoms with Gasteiger partial charge in [-0.3, -0.25) is 0 Å². The van der Waals surface area contributed by atoms with Gasteiger partial charge in [-0.15, -0.1) is 11.3 Å². The highest BCUT2D eigenvalue weighted by Gasteiger charge is 2.11. The van der Waals surface area contributed by atoms with Crippen LogP contribution < -0.4 is 16.2 Å². The minimum atomic E-state index is -3.84. The van der Waals surface area contributed by atoms with Gasteiger partial charge in [0, 0.05) is 16.6 Å². The number of nitrogens with two attached hydrogens (primary N) is 2. The predicted octanol–water partition coefficient (Wildman–Crippen LogP) is 4.30. The van der Waals surface area contributed by atoms with Gasteiger partial charge >= 0.3 is 5.97 Å². The number of allylic oxidation sites excluding steroid dienone is 1. The number of carboxylic acids is 1. The van der Waals surface area contributed by atoms with Gasteiger partial charge in [-0.05, 0) is 41.5 Å². The summed E-state index contributed by atoms with van der Waals surface area (Å²) < 4.78 is 23.2. The Hall–Kier alpha value is -4.32. The molecule has 3 aromatic carbocycles. The Bertz CT molecular complexity index is 1560. The molecule has 6 N–H and O–H groups in total. The van der Waals surface area contributed by atoms with Crippen LogP contribution in [0, 0.1) is 0 Å². The third kappa shape index (κ3) is 6.02. The summed E-state index contributed by atoms with van der Waals surface area (Å²) in [6.45, 7) is 0. The summed E-state index contributed by atoms with van der Waals surface area (Å²) in [5.74, 6) is -1.14. The summed E-state index contributed by atoms with van der Waals surface area (Å²) >= 11 is 1.08. The van der Waals surface area contributed by atoms with E-state index in [1.165, 1.54) is 23.7 Å². The SMILES string of the molecule is NC(=C(C=Nc1nc(C(=O)O)cs1)Nc1ccc(S(N)(=O)=O)cc1)c1cccc(-c2ccccc2)c1. The van der Waals surface area contributed by atoms with E-state index in [1.807, 2.05) is 54.6 Å². The van der Waals surface area contributed by atoms with E-state index < -0.39 is 16.0 Å². The van der Waals surface area contributed by atoms with Crippen molar-refractivity contribution in [2.45, 2.75) is 4.90 Å². The third-order valence-electron chi connectivity index (χ3n) is 5.05. The first-order valence-electron chi connectivity index (χ1n) is 10.5. The Kier molecular flexibility index (Phi) is 7.25. The van der Waals surface area contributed by atoms with Crippen molar-refractivity contribution in [1.29, 1.82) is 0 Å². The molecule has 4 aromatic rings. The topological polar surface area (TPSA) is 161 Å². The smallest absolute Gasteiger partial charge is 0.355 e. The molecule has 1 aromatic heterocycles. The Morgan fingerprint density at radius 2 is 1.69 bits per heavy atom. The van der Waals surface area contributed by atoms with Crippen molar-refractivity contribution in [1.82, 2.24) is 4.98 Å². The van der Waals surface area contributed by atoms with Gasteiger partial charge in [-0.25, -0.2) is 28.3 Å². The highest BCUT2D eigenvalue weighted by atomic mass is 32.2. The molecule has 0 aliphatic heterocycles. The molecule has 36 heavy (non-hydrogen) atoms. The highest BCUT2D eigenvalue weighted by Crippen LogP contribution is 2.25. The number of carbonyl (C=O) groups is 1. The quantitative estimate of drug-likeness (QED) is 0.252. The summed E-state index contributed by atoms with van der Waals surface area (Å²) in [6, 6.07) is 23.3. The molecule has 182 valence electrons. The molecule has 0 aliphatic carbocycles. The molecule has 0 fully saturated rings. The van der Waals surface area contributed by atoms with Crippen LogP contribution in [-0.4, -0.2) is 30.7 Å². The normalized spacial score (nSPS) is 12.4. The molecule has 9 nitrogen and oxygen atoms in total. The number of nitrogens with one attached hydrogen (secondary N) is 1. The van der Waals surface area contributed by atoms with Crippen molar-refractivity contribution < 1.29 is 18.3 Å². The fraction of sp³-hybridized carbons (Fsp3) is 0. The first kappa shape index (κ1) is 24.8. The number of benzene rings is 3. The summed E-state index contributed by atoms with van der Waals surface area (Å²) in [5.41, 5.74) is 10.5. The van der Waals surface area contributed by atoms with E-state index in [2.05, 4.69) is 15.3 Å². The molecule has 11 heteroatoms. The molecule has 0 saturated carbocycles. The molecule has 0 amide bonds. The molecule has 0 bridgehead atoms. The van der Waals surface area contributed by atoms with Crippen LogP contribution in [0.15, 0.2) is 99.8 Å². The summed E-state index contributed by atoms with van der Waals surface area (Å²) in [4.78, 5) is 19.4. The Balaban J connectivity index is 1.73. The van der Waals surface area contributed by atoms with Gasteiger partial charge in [-0.2, -0.15) is 0 Å². The summed E-state index contributed by atoms with van der Waals surface area (Å²) in [6.07, 6.45) is 1.45. The summed E-state index contributed by atoms with van der Waals surface area (Å²) in [7, 11) is -3.84. The highest BCUT2D eigenvalue weighted by molar-refractivity contribution is 7.89. The van der Waals surface area contributed by atoms with Crippen molar-refractivity contribution in [2.75, 3.05) is 5.32 Å². The molecule has 0 spiro atoms. The Morgan fingerprint density at radius 1 is 1.00 bits per heavy atom. The zero-order valence-electron chi connectivity index (χ0n) is 18.7. The number of aromatic carboxylic acids is 1. The number of anilines is 1. The molecule has 1 heterocycles. The predicted molar refractivity (Wildman–Crippen MR) is 142 cm³/mol. The van der Waals surface area contributed by atoms with Crippen molar-refractivity contribution in [3.63, 3.8) is 0 Å². The second kappa shape index (κ2) is 10.5. The number of hydrogen-bond donors (Lipinski definition) is 4. The van der Waals surface area contributed by atoms with Gasteiger partial charge in [0.15, 0.2) is 5.69 Å². The van der Waals surface area contributed by atoms with E-state index >= 15 is 0 Å². The van der Waals surface area contributed by atoms with Crippen molar-refractivity contribution in [3.8, 4) is 11.1 Å². The van der Waals surface area contributed by atoms with Crippen LogP contribution in [0.4, 0.5) is 10.8 Å². The number of primary sulfonamides is 1. The molecule has 4 rings (SSSR count). The van der Waals surface area contributed by atoms with Gasteiger partial charge in [0.05, 0.1) is 22.5 Å². The van der Waals surface area contributed by atoms with Crippen LogP contribution in [0.1, 0.15) is 16.1 Å². The van der Waals surface area contributed by atoms with E-state index in [9.17, 15) is 13.2 Å². The van der Waals surface area contributed by atoms with Crippen molar-refractivity contribution in [3.05, 3.63) is 101 Å². The van der Waals surface area contributed by atoms with Crippen LogP contribution in [0.5, 0.6) is 0 Å². The second-order valence-electron chi connectivity index (χ2n) is 7.55. The molecule has 0 aliphatic rings. The Morgan fingerprint density at radius 3 is 2.33 bits per heavy atom. The minimum absolute atomic E-state index is 0.0280. The first-order valence-corrected chi connectivity index (χ1v) is 12.9. The van der Waals surface area contributed by atoms with E-state index in [4.69, 9.17) is 16.0 Å². The number of nitrogens with zero attached hydrogens (tertiary/aromatic N) is 2. The zero-order chi connectivity index (χ0) is 25.7. The van der Waals surface area contributed by atoms with Gasteiger partial charge in [0.25, 0.3) is 0 Å². The Labute approximate surface area is 211 Å². The lowest BCUT2D eigenvalue weighted by Crippen LogP contribution is -2.13. The fourth-order valence-corrected chi connectivity index (χ4v) is 4.40. The van der Waals surface area contributed by atoms with Crippen LogP contribution >= 0.6 is 11.3 Å². The molecule has 0 atom stereocenters. The van der Waals surface area contributed by atoms with Gasteiger partial charge < -0.3 is 16.2 Å². The largest absolute Gasteiger partial charge is 0.476 e.